The molecule has 0 fully saturated rings. The number of ether oxygens (including phenoxy) is 1. The number of aliphatic carboxylic acids is 1. The number of carbonyl (C=O) groups is 1. The van der Waals surface area contributed by atoms with Gasteiger partial charge in [0.15, 0.2) is 0 Å². The van der Waals surface area contributed by atoms with Gasteiger partial charge in [0.1, 0.15) is 11.7 Å². The first-order chi connectivity index (χ1) is 8.45. The summed E-state index contributed by atoms with van der Waals surface area (Å²) in [5, 5.41) is 22.5. The van der Waals surface area contributed by atoms with Crippen LogP contribution in [0.3, 0.4) is 0 Å². The lowest BCUT2D eigenvalue weighted by Gasteiger charge is -2.14. The number of benzene rings is 1. The average Bonchev–Trinajstić information content (AvgIpc) is 2.30. The summed E-state index contributed by atoms with van der Waals surface area (Å²) in [5.74, 6) is -1.17. The number of nitro benzene ring substituents is 1. The predicted molar refractivity (Wildman–Crippen MR) is 65.0 cm³/mol. The highest BCUT2D eigenvalue weighted by molar-refractivity contribution is 6.30. The maximum absolute atomic E-state index is 10.9. The average molecular weight is 275 g/mol. The number of nitrogens with one attached hydrogen (secondary N) is 1. The summed E-state index contributed by atoms with van der Waals surface area (Å²) in [4.78, 5) is 21.1. The second kappa shape index (κ2) is 6.18. The van der Waals surface area contributed by atoms with Gasteiger partial charge in [0.25, 0.3) is 5.69 Å². The Morgan fingerprint density at radius 1 is 1.67 bits per heavy atom. The monoisotopic (exact) mass is 274 g/mol. The summed E-state index contributed by atoms with van der Waals surface area (Å²) >= 11 is 5.65. The van der Waals surface area contributed by atoms with Crippen LogP contribution in [0.15, 0.2) is 18.2 Å². The second-order valence-electron chi connectivity index (χ2n) is 3.41. The van der Waals surface area contributed by atoms with Gasteiger partial charge in [-0.1, -0.05) is 11.6 Å². The molecule has 7 nitrogen and oxygen atoms in total. The largest absolute Gasteiger partial charge is 0.480 e. The molecule has 2 N–H and O–H groups in total. The number of nitrogens with zero attached hydrogens (tertiary/aromatic N) is 1. The normalized spacial score (nSPS) is 11.9. The first kappa shape index (κ1) is 14.2. The molecule has 0 amide bonds. The van der Waals surface area contributed by atoms with Crippen molar-refractivity contribution >= 4 is 28.9 Å². The number of carboxylic acid groups (broad SMARTS) is 1. The summed E-state index contributed by atoms with van der Waals surface area (Å²) in [6.45, 7) is -0.116. The van der Waals surface area contributed by atoms with Gasteiger partial charge < -0.3 is 15.2 Å². The Balaban J connectivity index is 3.01. The van der Waals surface area contributed by atoms with Crippen molar-refractivity contribution in [2.75, 3.05) is 19.0 Å². The maximum Gasteiger partial charge on any atom is 0.328 e. The molecule has 0 aromatic heterocycles. The Labute approximate surface area is 107 Å². The van der Waals surface area contributed by atoms with Gasteiger partial charge in [-0.15, -0.1) is 0 Å². The van der Waals surface area contributed by atoms with Crippen LogP contribution in [0.2, 0.25) is 5.02 Å². The second-order valence-corrected chi connectivity index (χ2v) is 3.85. The van der Waals surface area contributed by atoms with E-state index in [1.807, 2.05) is 0 Å². The molecule has 0 saturated carbocycles. The van der Waals surface area contributed by atoms with Crippen LogP contribution in [0, 0.1) is 10.1 Å². The highest BCUT2D eigenvalue weighted by Crippen LogP contribution is 2.28. The van der Waals surface area contributed by atoms with Gasteiger partial charge >= 0.3 is 5.97 Å². The Morgan fingerprint density at radius 3 is 2.83 bits per heavy atom. The fourth-order valence-electron chi connectivity index (χ4n) is 1.31. The van der Waals surface area contributed by atoms with E-state index < -0.39 is 16.9 Å². The van der Waals surface area contributed by atoms with Crippen LogP contribution < -0.4 is 5.32 Å². The van der Waals surface area contributed by atoms with E-state index in [0.29, 0.717) is 0 Å². The Hall–Kier alpha value is -1.86. The lowest BCUT2D eigenvalue weighted by atomic mass is 10.2. The third-order valence-electron chi connectivity index (χ3n) is 2.12. The van der Waals surface area contributed by atoms with Crippen molar-refractivity contribution in [3.63, 3.8) is 0 Å². The molecule has 0 saturated heterocycles. The highest BCUT2D eigenvalue weighted by atomic mass is 35.5. The van der Waals surface area contributed by atoms with Crippen molar-refractivity contribution in [2.24, 2.45) is 0 Å². The molecule has 8 heteroatoms. The third-order valence-corrected chi connectivity index (χ3v) is 2.35. The summed E-state index contributed by atoms with van der Waals surface area (Å²) in [5.41, 5.74) is -0.210. The van der Waals surface area contributed by atoms with Crippen molar-refractivity contribution < 1.29 is 19.6 Å². The quantitative estimate of drug-likeness (QED) is 0.605. The summed E-state index contributed by atoms with van der Waals surface area (Å²) in [7, 11) is 1.34. The van der Waals surface area contributed by atoms with E-state index in [2.05, 4.69) is 5.32 Å². The molecule has 0 aliphatic rings. The van der Waals surface area contributed by atoms with Crippen LogP contribution in [0.4, 0.5) is 11.4 Å². The molecule has 0 spiro atoms. The highest BCUT2D eigenvalue weighted by Gasteiger charge is 2.22. The predicted octanol–water partition coefficient (Wildman–Crippen LogP) is 1.76. The van der Waals surface area contributed by atoms with Gasteiger partial charge in [-0.3, -0.25) is 10.1 Å². The molecule has 1 aromatic carbocycles. The number of halogens is 1. The number of anilines is 1. The zero-order valence-corrected chi connectivity index (χ0v) is 10.2. The topological polar surface area (TPSA) is 102 Å². The van der Waals surface area contributed by atoms with Crippen molar-refractivity contribution in [3.8, 4) is 0 Å². The van der Waals surface area contributed by atoms with E-state index in [-0.39, 0.29) is 23.0 Å². The number of nitro groups is 1. The molecule has 0 radical (unpaired) electrons. The minimum absolute atomic E-state index is 0.0776. The third kappa shape index (κ3) is 3.57. The van der Waals surface area contributed by atoms with Gasteiger partial charge in [0.05, 0.1) is 11.5 Å². The molecular weight excluding hydrogens is 264 g/mol. The molecule has 0 heterocycles. The van der Waals surface area contributed by atoms with Gasteiger partial charge in [0, 0.05) is 18.2 Å². The van der Waals surface area contributed by atoms with Crippen LogP contribution in [-0.4, -0.2) is 35.8 Å². The molecule has 18 heavy (non-hydrogen) atoms. The molecule has 0 aliphatic carbocycles. The Bertz CT molecular complexity index is 466. The minimum Gasteiger partial charge on any atom is -0.480 e. The van der Waals surface area contributed by atoms with E-state index in [4.69, 9.17) is 21.4 Å². The van der Waals surface area contributed by atoms with Crippen LogP contribution in [0.1, 0.15) is 0 Å². The van der Waals surface area contributed by atoms with Gasteiger partial charge in [-0.05, 0) is 12.1 Å². The molecular formula is C10H11ClN2O5. The van der Waals surface area contributed by atoms with Crippen LogP contribution >= 0.6 is 11.6 Å². The summed E-state index contributed by atoms with van der Waals surface area (Å²) < 4.78 is 4.72. The lowest BCUT2D eigenvalue weighted by molar-refractivity contribution is -0.384. The van der Waals surface area contributed by atoms with E-state index in [9.17, 15) is 14.9 Å². The molecule has 1 atom stereocenters. The number of hydrogen-bond acceptors (Lipinski definition) is 5. The summed E-state index contributed by atoms with van der Waals surface area (Å²) in [6, 6.07) is 2.86. The van der Waals surface area contributed by atoms with E-state index in [0.717, 1.165) is 6.07 Å². The summed E-state index contributed by atoms with van der Waals surface area (Å²) in [6.07, 6.45) is 0. The Kier molecular flexibility index (Phi) is 4.87. The van der Waals surface area contributed by atoms with Crippen LogP contribution in [0.5, 0.6) is 0 Å². The number of hydrogen-bond donors (Lipinski definition) is 2. The molecule has 0 aliphatic heterocycles. The van der Waals surface area contributed by atoms with Gasteiger partial charge in [-0.25, -0.2) is 4.79 Å². The molecule has 1 rings (SSSR count). The van der Waals surface area contributed by atoms with Gasteiger partial charge in [0.2, 0.25) is 0 Å². The molecule has 98 valence electrons. The Morgan fingerprint density at radius 2 is 2.33 bits per heavy atom. The van der Waals surface area contributed by atoms with Crippen LogP contribution in [0.25, 0.3) is 0 Å². The number of methoxy groups -OCH3 is 1. The standard InChI is InChI=1S/C10H11ClN2O5/c1-18-5-8(10(14)15)12-7-3-2-6(11)4-9(7)13(16)17/h2-4,8,12H,5H2,1H3,(H,14,15). The maximum atomic E-state index is 10.9. The molecule has 0 bridgehead atoms. The molecule has 1 aromatic rings. The van der Waals surface area contributed by atoms with Gasteiger partial charge in [-0.2, -0.15) is 0 Å². The van der Waals surface area contributed by atoms with Crippen molar-refractivity contribution in [2.45, 2.75) is 6.04 Å². The SMILES string of the molecule is COCC(Nc1ccc(Cl)cc1[N+](=O)[O-])C(=O)O. The van der Waals surface area contributed by atoms with E-state index in [1.54, 1.807) is 0 Å². The zero-order valence-electron chi connectivity index (χ0n) is 9.42. The fourth-order valence-corrected chi connectivity index (χ4v) is 1.47. The first-order valence-electron chi connectivity index (χ1n) is 4.88. The lowest BCUT2D eigenvalue weighted by Crippen LogP contribution is -2.33. The van der Waals surface area contributed by atoms with E-state index >= 15 is 0 Å². The zero-order chi connectivity index (χ0) is 13.7. The first-order valence-corrected chi connectivity index (χ1v) is 5.25. The van der Waals surface area contributed by atoms with Crippen LogP contribution in [-0.2, 0) is 9.53 Å². The van der Waals surface area contributed by atoms with Crippen molar-refractivity contribution in [3.05, 3.63) is 33.3 Å². The number of rotatable bonds is 6. The van der Waals surface area contributed by atoms with Crippen molar-refractivity contribution in [1.29, 1.82) is 0 Å². The smallest absolute Gasteiger partial charge is 0.328 e. The fraction of sp³-hybridized carbons (Fsp3) is 0.300. The number of carboxylic acids is 1. The van der Waals surface area contributed by atoms with Crippen molar-refractivity contribution in [1.82, 2.24) is 0 Å². The minimum atomic E-state index is -1.17. The van der Waals surface area contributed by atoms with E-state index in [1.165, 1.54) is 19.2 Å². The molecule has 1 unspecified atom stereocenters.